The van der Waals surface area contributed by atoms with Crippen molar-refractivity contribution >= 4 is 20.6 Å². The van der Waals surface area contributed by atoms with Gasteiger partial charge in [0.25, 0.3) is 0 Å². The molecule has 0 aliphatic carbocycles. The molecule has 0 radical (unpaired) electrons. The number of halogens is 2. The molecule has 44 valence electrons. The summed E-state index contributed by atoms with van der Waals surface area (Å²) in [6, 6.07) is 0. The van der Waals surface area contributed by atoms with Crippen molar-refractivity contribution in [1.29, 1.82) is 0 Å². The fourth-order valence-corrected chi connectivity index (χ4v) is 0.792. The van der Waals surface area contributed by atoms with Gasteiger partial charge in [-0.2, -0.15) is 0 Å². The van der Waals surface area contributed by atoms with Gasteiger partial charge in [-0.05, 0) is 15.9 Å². The fraction of sp³-hybridized carbons (Fsp3) is 0.400. The highest BCUT2D eigenvalue weighted by Crippen LogP contribution is 2.15. The maximum atomic E-state index is 12.1. The number of nitrogens with zero attached hydrogens (tertiary/aromatic N) is 1. The first-order valence-electron chi connectivity index (χ1n) is 2.36. The van der Waals surface area contributed by atoms with Gasteiger partial charge in [0.2, 0.25) is 0 Å². The van der Waals surface area contributed by atoms with Crippen LogP contribution in [0, 0.1) is 0 Å². The highest BCUT2D eigenvalue weighted by atomic mass is 79.9. The molecule has 0 unspecified atom stereocenters. The van der Waals surface area contributed by atoms with Crippen molar-refractivity contribution in [2.75, 3.05) is 0 Å². The Hall–Kier alpha value is -0.180. The molecule has 1 heterocycles. The van der Waals surface area contributed by atoms with Crippen LogP contribution >= 0.6 is 15.9 Å². The minimum absolute atomic E-state index is 0.131. The van der Waals surface area contributed by atoms with Crippen molar-refractivity contribution in [3.05, 3.63) is 12.0 Å². The Morgan fingerprint density at radius 3 is 2.75 bits per heavy atom. The average Bonchev–Trinajstić information content (AvgIpc) is 1.77. The molecule has 3 heteroatoms. The van der Waals surface area contributed by atoms with Gasteiger partial charge in [-0.3, -0.25) is 4.99 Å². The second-order valence-corrected chi connectivity index (χ2v) is 2.50. The van der Waals surface area contributed by atoms with Gasteiger partial charge >= 0.3 is 0 Å². The van der Waals surface area contributed by atoms with E-state index >= 15 is 0 Å². The van der Waals surface area contributed by atoms with Crippen LogP contribution in [-0.2, 0) is 0 Å². The van der Waals surface area contributed by atoms with Gasteiger partial charge in [0.1, 0.15) is 5.83 Å². The van der Waals surface area contributed by atoms with Crippen molar-refractivity contribution in [2.45, 2.75) is 12.8 Å². The lowest BCUT2D eigenvalue weighted by Crippen LogP contribution is -1.91. The summed E-state index contributed by atoms with van der Waals surface area (Å²) in [5.41, 5.74) is 0. The number of aliphatic imine (C=N–C) groups is 1. The molecule has 0 aromatic rings. The largest absolute Gasteiger partial charge is 0.251 e. The molecule has 1 nitrogen and oxygen atoms in total. The predicted octanol–water partition coefficient (Wildman–Crippen LogP) is 2.38. The minimum atomic E-state index is -0.131. The van der Waals surface area contributed by atoms with Crippen molar-refractivity contribution in [1.82, 2.24) is 0 Å². The molecule has 1 aliphatic rings. The number of hydrogen-bond donors (Lipinski definition) is 0. The summed E-state index contributed by atoms with van der Waals surface area (Å²) in [5, 5.41) is 0. The zero-order valence-electron chi connectivity index (χ0n) is 4.19. The Kier molecular flexibility index (Phi) is 1.78. The molecule has 0 saturated heterocycles. The third-order valence-corrected chi connectivity index (χ3v) is 1.52. The van der Waals surface area contributed by atoms with Crippen LogP contribution in [0.1, 0.15) is 12.8 Å². The van der Waals surface area contributed by atoms with Gasteiger partial charge in [0, 0.05) is 12.8 Å². The van der Waals surface area contributed by atoms with Crippen molar-refractivity contribution < 1.29 is 4.39 Å². The summed E-state index contributed by atoms with van der Waals surface area (Å²) in [6.45, 7) is 0. The summed E-state index contributed by atoms with van der Waals surface area (Å²) in [5.74, 6) is -0.131. The van der Waals surface area contributed by atoms with Crippen LogP contribution in [0.2, 0.25) is 0 Å². The molecule has 0 aromatic heterocycles. The molecule has 8 heavy (non-hydrogen) atoms. The average molecular weight is 178 g/mol. The first kappa shape index (κ1) is 5.95. The maximum Gasteiger partial charge on any atom is 0.119 e. The quantitative estimate of drug-likeness (QED) is 0.539. The van der Waals surface area contributed by atoms with Crippen molar-refractivity contribution in [3.63, 3.8) is 0 Å². The van der Waals surface area contributed by atoms with Crippen molar-refractivity contribution in [3.8, 4) is 0 Å². The molecule has 0 N–H and O–H groups in total. The summed E-state index contributed by atoms with van der Waals surface area (Å²) in [7, 11) is 0. The van der Waals surface area contributed by atoms with Gasteiger partial charge in [0.15, 0.2) is 0 Å². The van der Waals surface area contributed by atoms with Gasteiger partial charge in [-0.1, -0.05) is 0 Å². The lowest BCUT2D eigenvalue weighted by molar-refractivity contribution is 0.589. The molecule has 0 amide bonds. The third-order valence-electron chi connectivity index (χ3n) is 0.915. The maximum absolute atomic E-state index is 12.1. The molecule has 1 rings (SSSR count). The molecule has 0 aromatic carbocycles. The van der Waals surface area contributed by atoms with Crippen LogP contribution < -0.4 is 0 Å². The zero-order chi connectivity index (χ0) is 5.98. The van der Waals surface area contributed by atoms with E-state index in [1.807, 2.05) is 0 Å². The molecular weight excluding hydrogens is 173 g/mol. The normalized spacial score (nSPS) is 19.8. The highest BCUT2D eigenvalue weighted by Gasteiger charge is 2.02. The second kappa shape index (κ2) is 2.40. The Bertz CT molecular complexity index is 133. The number of rotatable bonds is 0. The number of allylic oxidation sites excluding steroid dienone is 1. The standard InChI is InChI=1S/C5H5BrFN/c6-5-2-1-4(7)3-8-5/h3H,1-2H2. The van der Waals surface area contributed by atoms with Crippen LogP contribution in [0.3, 0.4) is 0 Å². The van der Waals surface area contributed by atoms with E-state index in [1.54, 1.807) is 0 Å². The van der Waals surface area contributed by atoms with E-state index in [0.29, 0.717) is 12.8 Å². The van der Waals surface area contributed by atoms with E-state index in [0.717, 1.165) is 4.62 Å². The van der Waals surface area contributed by atoms with Crippen molar-refractivity contribution in [2.24, 2.45) is 4.99 Å². The molecular formula is C5H5BrFN. The van der Waals surface area contributed by atoms with E-state index in [1.165, 1.54) is 6.20 Å². The third kappa shape index (κ3) is 1.40. The van der Waals surface area contributed by atoms with Gasteiger partial charge in [-0.25, -0.2) is 4.39 Å². The number of hydrogen-bond acceptors (Lipinski definition) is 1. The summed E-state index contributed by atoms with van der Waals surface area (Å²) in [4.78, 5) is 3.71. The Morgan fingerprint density at radius 2 is 2.38 bits per heavy atom. The predicted molar refractivity (Wildman–Crippen MR) is 34.8 cm³/mol. The first-order valence-corrected chi connectivity index (χ1v) is 3.15. The smallest absolute Gasteiger partial charge is 0.119 e. The summed E-state index contributed by atoms with van der Waals surface area (Å²) < 4.78 is 12.9. The zero-order valence-corrected chi connectivity index (χ0v) is 5.78. The molecule has 0 atom stereocenters. The van der Waals surface area contributed by atoms with E-state index in [4.69, 9.17) is 0 Å². The molecule has 0 saturated carbocycles. The van der Waals surface area contributed by atoms with Crippen LogP contribution in [-0.4, -0.2) is 4.62 Å². The van der Waals surface area contributed by atoms with Crippen LogP contribution in [0.4, 0.5) is 4.39 Å². The first-order chi connectivity index (χ1) is 3.79. The lowest BCUT2D eigenvalue weighted by Gasteiger charge is -1.99. The monoisotopic (exact) mass is 177 g/mol. The van der Waals surface area contributed by atoms with Gasteiger partial charge in [-0.15, -0.1) is 0 Å². The van der Waals surface area contributed by atoms with Gasteiger partial charge in [0.05, 0.1) is 10.8 Å². The Labute approximate surface area is 55.4 Å². The van der Waals surface area contributed by atoms with Gasteiger partial charge < -0.3 is 0 Å². The lowest BCUT2D eigenvalue weighted by atomic mass is 10.3. The van der Waals surface area contributed by atoms with E-state index < -0.39 is 0 Å². The van der Waals surface area contributed by atoms with E-state index in [2.05, 4.69) is 20.9 Å². The van der Waals surface area contributed by atoms with E-state index in [-0.39, 0.29) is 5.83 Å². The van der Waals surface area contributed by atoms with Crippen LogP contribution in [0.5, 0.6) is 0 Å². The Balaban J connectivity index is 2.65. The van der Waals surface area contributed by atoms with E-state index in [9.17, 15) is 4.39 Å². The molecule has 0 fully saturated rings. The fourth-order valence-electron chi connectivity index (χ4n) is 0.492. The van der Waals surface area contributed by atoms with Crippen LogP contribution in [0.25, 0.3) is 0 Å². The summed E-state index contributed by atoms with van der Waals surface area (Å²) in [6.07, 6.45) is 2.43. The molecule has 0 bridgehead atoms. The Morgan fingerprint density at radius 1 is 1.62 bits per heavy atom. The summed E-state index contributed by atoms with van der Waals surface area (Å²) >= 11 is 3.15. The minimum Gasteiger partial charge on any atom is -0.251 e. The second-order valence-electron chi connectivity index (χ2n) is 1.58. The SMILES string of the molecule is FC1=CN=C(Br)CC1. The highest BCUT2D eigenvalue weighted by molar-refractivity contribution is 9.18. The van der Waals surface area contributed by atoms with Crippen LogP contribution in [0.15, 0.2) is 17.0 Å². The topological polar surface area (TPSA) is 12.4 Å². The molecule has 0 spiro atoms. The molecule has 1 aliphatic heterocycles.